The molecule has 0 spiro atoms. The van der Waals surface area contributed by atoms with Gasteiger partial charge in [-0.15, -0.1) is 0 Å². The van der Waals surface area contributed by atoms with Gasteiger partial charge in [-0.3, -0.25) is 0 Å². The summed E-state index contributed by atoms with van der Waals surface area (Å²) in [4.78, 5) is 0. The first kappa shape index (κ1) is 16.7. The second-order valence-corrected chi connectivity index (χ2v) is 6.62. The molecule has 2 rings (SSSR count). The van der Waals surface area contributed by atoms with Gasteiger partial charge in [0.05, 0.1) is 0 Å². The first-order chi connectivity index (χ1) is 9.93. The maximum atomic E-state index is 6.30. The second-order valence-electron chi connectivity index (χ2n) is 5.25. The maximum Gasteiger partial charge on any atom is 0.132 e. The van der Waals surface area contributed by atoms with Gasteiger partial charge in [0, 0.05) is 20.9 Å². The summed E-state index contributed by atoms with van der Waals surface area (Å²) in [6, 6.07) is 9.63. The lowest BCUT2D eigenvalue weighted by atomic mass is 10.0. The molecular weight excluding hydrogens is 371 g/mol. The fourth-order valence-corrected chi connectivity index (χ4v) is 3.51. The summed E-state index contributed by atoms with van der Waals surface area (Å²) in [6.45, 7) is 6.22. The molecular formula is C17H17BrCl2O. The predicted molar refractivity (Wildman–Crippen MR) is 94.4 cm³/mol. The highest BCUT2D eigenvalue weighted by atomic mass is 79.9. The van der Waals surface area contributed by atoms with Gasteiger partial charge in [-0.1, -0.05) is 59.0 Å². The topological polar surface area (TPSA) is 9.23 Å². The van der Waals surface area contributed by atoms with Crippen LogP contribution in [-0.2, 0) is 5.33 Å². The van der Waals surface area contributed by atoms with E-state index in [-0.39, 0.29) is 0 Å². The molecule has 21 heavy (non-hydrogen) atoms. The molecule has 1 nitrogen and oxygen atoms in total. The summed E-state index contributed by atoms with van der Waals surface area (Å²) in [5.74, 6) is 1.92. The molecule has 0 N–H and O–H groups in total. The molecule has 2 aromatic carbocycles. The smallest absolute Gasteiger partial charge is 0.132 e. The van der Waals surface area contributed by atoms with E-state index in [1.807, 2.05) is 37.3 Å². The van der Waals surface area contributed by atoms with Gasteiger partial charge >= 0.3 is 0 Å². The molecule has 0 aliphatic carbocycles. The van der Waals surface area contributed by atoms with Crippen molar-refractivity contribution < 1.29 is 4.74 Å². The number of rotatable bonds is 4. The summed E-state index contributed by atoms with van der Waals surface area (Å²) in [5, 5.41) is 2.12. The molecule has 2 aromatic rings. The molecule has 0 aliphatic heterocycles. The van der Waals surface area contributed by atoms with Crippen LogP contribution >= 0.6 is 39.1 Å². The molecule has 0 saturated heterocycles. The van der Waals surface area contributed by atoms with Crippen LogP contribution in [0.1, 0.15) is 36.5 Å². The van der Waals surface area contributed by atoms with Crippen LogP contribution in [0.5, 0.6) is 11.5 Å². The monoisotopic (exact) mass is 386 g/mol. The molecule has 0 atom stereocenters. The van der Waals surface area contributed by atoms with E-state index in [1.165, 1.54) is 0 Å². The predicted octanol–water partition coefficient (Wildman–Crippen LogP) is 7.11. The third-order valence-corrected chi connectivity index (χ3v) is 4.59. The minimum absolute atomic E-state index is 0.343. The third kappa shape index (κ3) is 3.74. The van der Waals surface area contributed by atoms with Crippen LogP contribution in [0.2, 0.25) is 10.0 Å². The van der Waals surface area contributed by atoms with Gasteiger partial charge in [0.2, 0.25) is 0 Å². The maximum absolute atomic E-state index is 6.30. The number of halogens is 3. The highest BCUT2D eigenvalue weighted by molar-refractivity contribution is 9.08. The van der Waals surface area contributed by atoms with Crippen LogP contribution in [-0.4, -0.2) is 0 Å². The minimum Gasteiger partial charge on any atom is -0.457 e. The van der Waals surface area contributed by atoms with Crippen molar-refractivity contribution in [2.24, 2.45) is 0 Å². The average Bonchev–Trinajstić information content (AvgIpc) is 2.41. The minimum atomic E-state index is 0.343. The van der Waals surface area contributed by atoms with Gasteiger partial charge in [-0.05, 0) is 48.2 Å². The Balaban J connectivity index is 2.45. The lowest BCUT2D eigenvalue weighted by Gasteiger charge is -2.16. The number of benzene rings is 2. The summed E-state index contributed by atoms with van der Waals surface area (Å²) in [5.41, 5.74) is 3.03. The molecule has 0 amide bonds. The van der Waals surface area contributed by atoms with Crippen molar-refractivity contribution >= 4 is 39.1 Å². The van der Waals surface area contributed by atoms with E-state index in [0.717, 1.165) is 33.2 Å². The Morgan fingerprint density at radius 3 is 2.43 bits per heavy atom. The summed E-state index contributed by atoms with van der Waals surface area (Å²) < 4.78 is 6.08. The summed E-state index contributed by atoms with van der Waals surface area (Å²) in [6.07, 6.45) is 0. The van der Waals surface area contributed by atoms with Gasteiger partial charge in [0.15, 0.2) is 0 Å². The van der Waals surface area contributed by atoms with Crippen molar-refractivity contribution in [3.63, 3.8) is 0 Å². The number of hydrogen-bond donors (Lipinski definition) is 0. The lowest BCUT2D eigenvalue weighted by Crippen LogP contribution is -1.96. The van der Waals surface area contributed by atoms with E-state index in [0.29, 0.717) is 16.3 Å². The van der Waals surface area contributed by atoms with Crippen molar-refractivity contribution in [1.82, 2.24) is 0 Å². The third-order valence-electron chi connectivity index (χ3n) is 3.35. The van der Waals surface area contributed by atoms with Crippen molar-refractivity contribution in [2.75, 3.05) is 0 Å². The van der Waals surface area contributed by atoms with Crippen molar-refractivity contribution in [1.29, 1.82) is 0 Å². The van der Waals surface area contributed by atoms with Crippen molar-refractivity contribution in [2.45, 2.75) is 32.0 Å². The molecule has 0 heterocycles. The Morgan fingerprint density at radius 2 is 1.81 bits per heavy atom. The van der Waals surface area contributed by atoms with Gasteiger partial charge in [0.1, 0.15) is 11.5 Å². The van der Waals surface area contributed by atoms with Gasteiger partial charge in [0.25, 0.3) is 0 Å². The van der Waals surface area contributed by atoms with Crippen molar-refractivity contribution in [3.05, 3.63) is 57.1 Å². The normalized spacial score (nSPS) is 11.0. The van der Waals surface area contributed by atoms with Crippen molar-refractivity contribution in [3.8, 4) is 11.5 Å². The van der Waals surface area contributed by atoms with Crippen LogP contribution in [0.15, 0.2) is 30.3 Å². The Kier molecular flexibility index (Phi) is 5.59. The number of hydrogen-bond acceptors (Lipinski definition) is 1. The van der Waals surface area contributed by atoms with E-state index in [2.05, 4.69) is 29.8 Å². The largest absolute Gasteiger partial charge is 0.457 e. The van der Waals surface area contributed by atoms with E-state index in [4.69, 9.17) is 27.9 Å². The zero-order valence-electron chi connectivity index (χ0n) is 12.2. The molecule has 0 fully saturated rings. The average molecular weight is 388 g/mol. The quantitative estimate of drug-likeness (QED) is 0.507. The Labute approximate surface area is 144 Å². The highest BCUT2D eigenvalue weighted by Crippen LogP contribution is 2.36. The number of ether oxygens (including phenoxy) is 1. The summed E-state index contributed by atoms with van der Waals surface area (Å²) >= 11 is 16.0. The van der Waals surface area contributed by atoms with Crippen LogP contribution in [0, 0.1) is 6.92 Å². The Hall–Kier alpha value is -0.700. The summed E-state index contributed by atoms with van der Waals surface area (Å²) in [7, 11) is 0. The zero-order chi connectivity index (χ0) is 15.6. The zero-order valence-corrected chi connectivity index (χ0v) is 15.3. The second kappa shape index (κ2) is 7.04. The molecule has 0 aliphatic rings. The van der Waals surface area contributed by atoms with E-state index < -0.39 is 0 Å². The van der Waals surface area contributed by atoms with Crippen LogP contribution in [0.3, 0.4) is 0 Å². The number of alkyl halides is 1. The number of aryl methyl sites for hydroxylation is 1. The Morgan fingerprint density at radius 1 is 1.10 bits per heavy atom. The fraction of sp³-hybridized carbons (Fsp3) is 0.294. The first-order valence-corrected chi connectivity index (χ1v) is 8.63. The van der Waals surface area contributed by atoms with Gasteiger partial charge in [-0.25, -0.2) is 0 Å². The standard InChI is InChI=1S/C17H17BrCl2O/c1-10(2)12-8-17(11(3)7-15(12)20)21-16-6-4-5-14(19)13(16)9-18/h4-8,10H,9H2,1-3H3. The molecule has 112 valence electrons. The van der Waals surface area contributed by atoms with Gasteiger partial charge in [-0.2, -0.15) is 0 Å². The SMILES string of the molecule is Cc1cc(Cl)c(C(C)C)cc1Oc1cccc(Cl)c1CBr. The van der Waals surface area contributed by atoms with Crippen LogP contribution in [0.4, 0.5) is 0 Å². The van der Waals surface area contributed by atoms with E-state index in [9.17, 15) is 0 Å². The molecule has 0 saturated carbocycles. The van der Waals surface area contributed by atoms with Gasteiger partial charge < -0.3 is 4.74 Å². The first-order valence-electron chi connectivity index (χ1n) is 6.75. The molecule has 0 unspecified atom stereocenters. The van der Waals surface area contributed by atoms with E-state index >= 15 is 0 Å². The molecule has 4 heteroatoms. The van der Waals surface area contributed by atoms with Crippen LogP contribution in [0.25, 0.3) is 0 Å². The van der Waals surface area contributed by atoms with Crippen LogP contribution < -0.4 is 4.74 Å². The Bertz CT molecular complexity index is 653. The molecule has 0 aromatic heterocycles. The highest BCUT2D eigenvalue weighted by Gasteiger charge is 2.13. The van der Waals surface area contributed by atoms with E-state index in [1.54, 1.807) is 0 Å². The molecule has 0 bridgehead atoms. The molecule has 0 radical (unpaired) electrons. The fourth-order valence-electron chi connectivity index (χ4n) is 2.10. The lowest BCUT2D eigenvalue weighted by molar-refractivity contribution is 0.474.